The second kappa shape index (κ2) is 7.57. The number of hydrogen-bond acceptors (Lipinski definition) is 5. The van der Waals surface area contributed by atoms with Crippen molar-refractivity contribution in [2.45, 2.75) is 11.7 Å². The van der Waals surface area contributed by atoms with E-state index in [1.165, 1.54) is 7.11 Å². The summed E-state index contributed by atoms with van der Waals surface area (Å²) < 4.78 is 10.3. The molecule has 24 heavy (non-hydrogen) atoms. The van der Waals surface area contributed by atoms with Gasteiger partial charge >= 0.3 is 5.97 Å². The molecule has 2 heterocycles. The minimum atomic E-state index is -0.489. The van der Waals surface area contributed by atoms with Gasteiger partial charge in [-0.1, -0.05) is 12.1 Å². The molecule has 0 spiro atoms. The van der Waals surface area contributed by atoms with Crippen molar-refractivity contribution in [2.24, 2.45) is 0 Å². The molecule has 0 bridgehead atoms. The Hall–Kier alpha value is -2.21. The molecule has 6 heteroatoms. The van der Waals surface area contributed by atoms with Crippen molar-refractivity contribution < 1.29 is 18.7 Å². The maximum atomic E-state index is 12.9. The number of nitrogens with zero attached hydrogens (tertiary/aromatic N) is 1. The number of hydrogen-bond donors (Lipinski definition) is 0. The van der Waals surface area contributed by atoms with Crippen LogP contribution in [0.4, 0.5) is 0 Å². The fourth-order valence-electron chi connectivity index (χ4n) is 2.80. The maximum absolute atomic E-state index is 12.9. The lowest BCUT2D eigenvalue weighted by Crippen LogP contribution is -2.34. The summed E-state index contributed by atoms with van der Waals surface area (Å²) in [7, 11) is 1.32. The zero-order valence-corrected chi connectivity index (χ0v) is 14.3. The van der Waals surface area contributed by atoms with Gasteiger partial charge in [0, 0.05) is 18.8 Å². The van der Waals surface area contributed by atoms with Gasteiger partial charge in [-0.05, 0) is 30.7 Å². The number of carbonyl (C=O) groups excluding carboxylic acids is 2. The Bertz CT molecular complexity index is 714. The topological polar surface area (TPSA) is 59.8 Å². The van der Waals surface area contributed by atoms with Crippen LogP contribution in [0, 0.1) is 0 Å². The number of rotatable bonds is 3. The lowest BCUT2D eigenvalue weighted by atomic mass is 10.1. The molecular weight excluding hydrogens is 326 g/mol. The quantitative estimate of drug-likeness (QED) is 0.798. The van der Waals surface area contributed by atoms with Gasteiger partial charge in [-0.2, -0.15) is 0 Å². The van der Waals surface area contributed by atoms with E-state index >= 15 is 0 Å². The van der Waals surface area contributed by atoms with Gasteiger partial charge in [0.15, 0.2) is 0 Å². The Kier molecular flexibility index (Phi) is 5.25. The fraction of sp³-hybridized carbons (Fsp3) is 0.333. The van der Waals surface area contributed by atoms with Crippen LogP contribution in [0.2, 0.25) is 0 Å². The number of furan rings is 1. The van der Waals surface area contributed by atoms with Crippen LogP contribution in [0.3, 0.4) is 0 Å². The number of methoxy groups -OCH3 is 1. The van der Waals surface area contributed by atoms with E-state index in [2.05, 4.69) is 0 Å². The Morgan fingerprint density at radius 1 is 1.17 bits per heavy atom. The van der Waals surface area contributed by atoms with Crippen LogP contribution in [-0.4, -0.2) is 42.7 Å². The summed E-state index contributed by atoms with van der Waals surface area (Å²) in [4.78, 5) is 26.6. The van der Waals surface area contributed by atoms with Gasteiger partial charge in [0.1, 0.15) is 5.76 Å². The monoisotopic (exact) mass is 345 g/mol. The zero-order valence-electron chi connectivity index (χ0n) is 13.4. The third-order valence-electron chi connectivity index (χ3n) is 4.05. The molecule has 2 aromatic rings. The molecule has 1 amide bonds. The number of thioether (sulfide) groups is 1. The van der Waals surface area contributed by atoms with Crippen molar-refractivity contribution in [1.29, 1.82) is 0 Å². The molecule has 0 saturated carbocycles. The van der Waals surface area contributed by atoms with E-state index in [0.29, 0.717) is 24.2 Å². The standard InChI is InChI=1S/C18H19NO4S/c1-22-18(21)14-6-3-2-5-13(14)17(20)19-9-8-16(24-12-10-19)15-7-4-11-23-15/h2-7,11,16H,8-10,12H2,1H3/t16-/m1/s1. The van der Waals surface area contributed by atoms with Crippen molar-refractivity contribution >= 4 is 23.6 Å². The number of ether oxygens (including phenoxy) is 1. The molecule has 0 N–H and O–H groups in total. The van der Waals surface area contributed by atoms with Gasteiger partial charge in [0.05, 0.1) is 29.7 Å². The first kappa shape index (κ1) is 16.6. The van der Waals surface area contributed by atoms with E-state index in [0.717, 1.165) is 17.9 Å². The van der Waals surface area contributed by atoms with Crippen LogP contribution in [0.5, 0.6) is 0 Å². The first-order chi connectivity index (χ1) is 11.7. The normalized spacial score (nSPS) is 18.0. The van der Waals surface area contributed by atoms with Crippen LogP contribution in [0.15, 0.2) is 47.1 Å². The van der Waals surface area contributed by atoms with Gasteiger partial charge < -0.3 is 14.1 Å². The second-order valence-corrected chi connectivity index (χ2v) is 6.80. The smallest absolute Gasteiger partial charge is 0.338 e. The van der Waals surface area contributed by atoms with Crippen LogP contribution in [0.1, 0.15) is 38.1 Å². The molecule has 1 aliphatic rings. The van der Waals surface area contributed by atoms with Crippen LogP contribution in [0.25, 0.3) is 0 Å². The SMILES string of the molecule is COC(=O)c1ccccc1C(=O)N1CCS[C@@H](c2ccco2)CC1. The first-order valence-corrected chi connectivity index (χ1v) is 8.87. The summed E-state index contributed by atoms with van der Waals surface area (Å²) in [5, 5.41) is 0.258. The number of amides is 1. The number of esters is 1. The average molecular weight is 345 g/mol. The molecule has 1 atom stereocenters. The lowest BCUT2D eigenvalue weighted by Gasteiger charge is -2.21. The van der Waals surface area contributed by atoms with Crippen molar-refractivity contribution in [3.05, 3.63) is 59.5 Å². The first-order valence-electron chi connectivity index (χ1n) is 7.82. The zero-order chi connectivity index (χ0) is 16.9. The van der Waals surface area contributed by atoms with Gasteiger partial charge in [0.25, 0.3) is 5.91 Å². The third kappa shape index (κ3) is 3.48. The Balaban J connectivity index is 1.75. The van der Waals surface area contributed by atoms with Crippen molar-refractivity contribution in [3.8, 4) is 0 Å². The highest BCUT2D eigenvalue weighted by molar-refractivity contribution is 7.99. The van der Waals surface area contributed by atoms with Crippen LogP contribution < -0.4 is 0 Å². The van der Waals surface area contributed by atoms with E-state index in [-0.39, 0.29) is 11.2 Å². The lowest BCUT2D eigenvalue weighted by molar-refractivity contribution is 0.0590. The Morgan fingerprint density at radius 3 is 2.67 bits per heavy atom. The van der Waals surface area contributed by atoms with Gasteiger partial charge in [-0.3, -0.25) is 4.79 Å². The number of carbonyl (C=O) groups is 2. The van der Waals surface area contributed by atoms with Gasteiger partial charge in [-0.25, -0.2) is 4.79 Å². The molecule has 0 aliphatic carbocycles. The van der Waals surface area contributed by atoms with Gasteiger partial charge in [-0.15, -0.1) is 11.8 Å². The Morgan fingerprint density at radius 2 is 1.96 bits per heavy atom. The summed E-state index contributed by atoms with van der Waals surface area (Å²) in [6.45, 7) is 1.28. The van der Waals surface area contributed by atoms with Crippen molar-refractivity contribution in [2.75, 3.05) is 26.0 Å². The molecule has 3 rings (SSSR count). The molecule has 1 aliphatic heterocycles. The highest BCUT2D eigenvalue weighted by Gasteiger charge is 2.26. The summed E-state index contributed by atoms with van der Waals surface area (Å²) in [5.74, 6) is 1.16. The fourth-order valence-corrected chi connectivity index (χ4v) is 3.98. The minimum Gasteiger partial charge on any atom is -0.468 e. The van der Waals surface area contributed by atoms with E-state index in [1.807, 2.05) is 12.1 Å². The summed E-state index contributed by atoms with van der Waals surface area (Å²) in [6.07, 6.45) is 2.50. The molecule has 0 unspecified atom stereocenters. The van der Waals surface area contributed by atoms with E-state index in [4.69, 9.17) is 9.15 Å². The molecule has 1 saturated heterocycles. The molecule has 1 fully saturated rings. The van der Waals surface area contributed by atoms with E-state index in [1.54, 1.807) is 47.2 Å². The molecule has 126 valence electrons. The highest BCUT2D eigenvalue weighted by atomic mass is 32.2. The molecular formula is C18H19NO4S. The Labute approximate surface area is 145 Å². The minimum absolute atomic E-state index is 0.128. The summed E-state index contributed by atoms with van der Waals surface area (Å²) in [6, 6.07) is 10.7. The largest absolute Gasteiger partial charge is 0.468 e. The van der Waals surface area contributed by atoms with Crippen LogP contribution >= 0.6 is 11.8 Å². The number of benzene rings is 1. The maximum Gasteiger partial charge on any atom is 0.338 e. The van der Waals surface area contributed by atoms with E-state index in [9.17, 15) is 9.59 Å². The third-order valence-corrected chi connectivity index (χ3v) is 5.34. The molecule has 0 radical (unpaired) electrons. The van der Waals surface area contributed by atoms with Crippen LogP contribution in [-0.2, 0) is 4.74 Å². The van der Waals surface area contributed by atoms with Crippen molar-refractivity contribution in [3.63, 3.8) is 0 Å². The molecule has 1 aromatic heterocycles. The van der Waals surface area contributed by atoms with E-state index < -0.39 is 5.97 Å². The highest BCUT2D eigenvalue weighted by Crippen LogP contribution is 2.34. The molecule has 1 aromatic carbocycles. The average Bonchev–Trinajstić information content (AvgIpc) is 3.05. The molecule has 5 nitrogen and oxygen atoms in total. The van der Waals surface area contributed by atoms with Crippen molar-refractivity contribution in [1.82, 2.24) is 4.90 Å². The second-order valence-electron chi connectivity index (χ2n) is 5.49. The summed E-state index contributed by atoms with van der Waals surface area (Å²) >= 11 is 1.79. The predicted octanol–water partition coefficient (Wildman–Crippen LogP) is 3.39. The van der Waals surface area contributed by atoms with Gasteiger partial charge in [0.2, 0.25) is 0 Å². The summed E-state index contributed by atoms with van der Waals surface area (Å²) in [5.41, 5.74) is 0.704. The predicted molar refractivity (Wildman–Crippen MR) is 92.2 cm³/mol.